The summed E-state index contributed by atoms with van der Waals surface area (Å²) in [7, 11) is 1.21. The highest BCUT2D eigenvalue weighted by Gasteiger charge is 2.24. The highest BCUT2D eigenvalue weighted by atomic mass is 16.7. The van der Waals surface area contributed by atoms with Gasteiger partial charge in [0.1, 0.15) is 0 Å². The first-order chi connectivity index (χ1) is 8.63. The van der Waals surface area contributed by atoms with E-state index in [9.17, 15) is 14.7 Å². The van der Waals surface area contributed by atoms with Crippen molar-refractivity contribution in [2.45, 2.75) is 12.5 Å². The van der Waals surface area contributed by atoms with Crippen molar-refractivity contribution in [3.05, 3.63) is 29.8 Å². The molecule has 0 bridgehead atoms. The molecule has 1 aromatic rings. The number of benzene rings is 1. The number of aliphatic hydroxyl groups excluding tert-OH is 1. The van der Waals surface area contributed by atoms with Gasteiger partial charge in [0.25, 0.3) is 5.91 Å². The molecule has 0 saturated carbocycles. The second-order valence-corrected chi connectivity index (χ2v) is 3.79. The fourth-order valence-corrected chi connectivity index (χ4v) is 1.66. The molecule has 6 nitrogen and oxygen atoms in total. The van der Waals surface area contributed by atoms with E-state index < -0.39 is 12.1 Å². The Balaban J connectivity index is 2.15. The summed E-state index contributed by atoms with van der Waals surface area (Å²) in [5.41, 5.74) is 0.968. The normalized spacial score (nSPS) is 16.8. The predicted molar refractivity (Wildman–Crippen MR) is 61.5 cm³/mol. The average molecular weight is 251 g/mol. The number of hydrogen-bond donors (Lipinski definition) is 1. The van der Waals surface area contributed by atoms with Crippen molar-refractivity contribution in [1.82, 2.24) is 0 Å². The van der Waals surface area contributed by atoms with Gasteiger partial charge in [0.2, 0.25) is 0 Å². The van der Waals surface area contributed by atoms with Gasteiger partial charge >= 0.3 is 5.97 Å². The van der Waals surface area contributed by atoms with E-state index in [-0.39, 0.29) is 5.91 Å². The molecule has 1 aliphatic heterocycles. The van der Waals surface area contributed by atoms with E-state index in [4.69, 9.17) is 4.84 Å². The van der Waals surface area contributed by atoms with Gasteiger partial charge in [0, 0.05) is 0 Å². The van der Waals surface area contributed by atoms with Gasteiger partial charge in [-0.2, -0.15) is 5.06 Å². The van der Waals surface area contributed by atoms with Crippen LogP contribution in [-0.2, 0) is 19.2 Å². The van der Waals surface area contributed by atoms with Gasteiger partial charge in [-0.05, 0) is 17.7 Å². The van der Waals surface area contributed by atoms with E-state index in [2.05, 4.69) is 4.74 Å². The molecule has 96 valence electrons. The molecule has 6 heteroatoms. The largest absolute Gasteiger partial charge is 0.467 e. The van der Waals surface area contributed by atoms with Crippen molar-refractivity contribution in [3.63, 3.8) is 0 Å². The molecular formula is C12H13NO5. The molecule has 1 unspecified atom stereocenters. The summed E-state index contributed by atoms with van der Waals surface area (Å²) < 4.78 is 4.44. The third kappa shape index (κ3) is 2.34. The van der Waals surface area contributed by atoms with Crippen molar-refractivity contribution in [1.29, 1.82) is 0 Å². The molecule has 18 heavy (non-hydrogen) atoms. The summed E-state index contributed by atoms with van der Waals surface area (Å²) in [4.78, 5) is 27.7. The lowest BCUT2D eigenvalue weighted by Crippen LogP contribution is -2.22. The number of hydroxylamine groups is 1. The van der Waals surface area contributed by atoms with Crippen molar-refractivity contribution in [2.24, 2.45) is 0 Å². The minimum atomic E-state index is -1.32. The number of rotatable bonds is 3. The second-order valence-electron chi connectivity index (χ2n) is 3.79. The summed E-state index contributed by atoms with van der Waals surface area (Å²) in [6, 6.07) is 6.30. The van der Waals surface area contributed by atoms with Crippen LogP contribution in [0.2, 0.25) is 0 Å². The van der Waals surface area contributed by atoms with Gasteiger partial charge in [-0.3, -0.25) is 9.63 Å². The van der Waals surface area contributed by atoms with Gasteiger partial charge in [-0.1, -0.05) is 12.1 Å². The van der Waals surface area contributed by atoms with Crippen molar-refractivity contribution in [3.8, 4) is 0 Å². The fraction of sp³-hybridized carbons (Fsp3) is 0.333. The van der Waals surface area contributed by atoms with Crippen LogP contribution in [0.4, 0.5) is 5.69 Å². The maximum Gasteiger partial charge on any atom is 0.339 e. The minimum absolute atomic E-state index is 0.115. The van der Waals surface area contributed by atoms with Crippen LogP contribution in [0, 0.1) is 0 Å². The molecule has 0 aromatic heterocycles. The Bertz CT molecular complexity index is 456. The molecule has 1 heterocycles. The van der Waals surface area contributed by atoms with Crippen LogP contribution in [0.5, 0.6) is 0 Å². The third-order valence-electron chi connectivity index (χ3n) is 2.63. The van der Waals surface area contributed by atoms with Crippen LogP contribution in [-0.4, -0.2) is 30.7 Å². The molecule has 1 atom stereocenters. The maximum atomic E-state index is 11.4. The molecule has 1 aliphatic rings. The Kier molecular flexibility index (Phi) is 3.59. The number of esters is 1. The van der Waals surface area contributed by atoms with Crippen molar-refractivity contribution in [2.75, 3.05) is 18.8 Å². The summed E-state index contributed by atoms with van der Waals surface area (Å²) in [6.07, 6.45) is -0.966. The molecule has 1 fully saturated rings. The lowest BCUT2D eigenvalue weighted by Gasteiger charge is -2.15. The van der Waals surface area contributed by atoms with E-state index in [1.54, 1.807) is 24.3 Å². The Morgan fingerprint density at radius 1 is 1.44 bits per heavy atom. The fourth-order valence-electron chi connectivity index (χ4n) is 1.66. The highest BCUT2D eigenvalue weighted by molar-refractivity contribution is 5.92. The highest BCUT2D eigenvalue weighted by Crippen LogP contribution is 2.23. The first-order valence-corrected chi connectivity index (χ1v) is 5.45. The number of methoxy groups -OCH3 is 1. The summed E-state index contributed by atoms with van der Waals surface area (Å²) in [5, 5.41) is 10.8. The standard InChI is InChI=1S/C12H13NO5/c1-17-12(16)11(15)8-2-4-9(5-3-8)13-10(14)6-7-18-13/h2-5,11,15H,6-7H2,1H3. The number of amides is 1. The SMILES string of the molecule is COC(=O)C(O)c1ccc(N2OCCC2=O)cc1. The van der Waals surface area contributed by atoms with E-state index in [0.29, 0.717) is 24.3 Å². The second kappa shape index (κ2) is 5.16. The van der Waals surface area contributed by atoms with E-state index in [0.717, 1.165) is 0 Å². The number of aliphatic hydroxyl groups is 1. The summed E-state index contributed by atoms with van der Waals surface area (Å²) in [6.45, 7) is 0.366. The predicted octanol–water partition coefficient (Wildman–Crippen LogP) is 0.561. The minimum Gasteiger partial charge on any atom is -0.467 e. The average Bonchev–Trinajstić information content (AvgIpc) is 2.83. The van der Waals surface area contributed by atoms with Crippen LogP contribution in [0.25, 0.3) is 0 Å². The van der Waals surface area contributed by atoms with Gasteiger partial charge in [-0.25, -0.2) is 4.79 Å². The van der Waals surface area contributed by atoms with Crippen LogP contribution >= 0.6 is 0 Å². The molecule has 1 aromatic carbocycles. The first kappa shape index (κ1) is 12.5. The molecule has 0 spiro atoms. The molecule has 2 rings (SSSR count). The van der Waals surface area contributed by atoms with Crippen molar-refractivity contribution < 1.29 is 24.3 Å². The number of anilines is 1. The zero-order valence-electron chi connectivity index (χ0n) is 9.83. The topological polar surface area (TPSA) is 76.1 Å². The number of carbonyl (C=O) groups excluding carboxylic acids is 2. The summed E-state index contributed by atoms with van der Waals surface area (Å²) >= 11 is 0. The van der Waals surface area contributed by atoms with Crippen molar-refractivity contribution >= 4 is 17.6 Å². The third-order valence-corrected chi connectivity index (χ3v) is 2.63. The van der Waals surface area contributed by atoms with Crippen LogP contribution in [0.1, 0.15) is 18.1 Å². The lowest BCUT2D eigenvalue weighted by atomic mass is 10.1. The lowest BCUT2D eigenvalue weighted by molar-refractivity contribution is -0.150. The Morgan fingerprint density at radius 3 is 2.61 bits per heavy atom. The number of ether oxygens (including phenoxy) is 1. The maximum absolute atomic E-state index is 11.4. The van der Waals surface area contributed by atoms with Gasteiger partial charge in [-0.15, -0.1) is 0 Å². The zero-order chi connectivity index (χ0) is 13.1. The Morgan fingerprint density at radius 2 is 2.11 bits per heavy atom. The van der Waals surface area contributed by atoms with Crippen LogP contribution in [0.15, 0.2) is 24.3 Å². The number of carbonyl (C=O) groups is 2. The molecule has 1 saturated heterocycles. The first-order valence-electron chi connectivity index (χ1n) is 5.45. The molecule has 1 N–H and O–H groups in total. The number of nitrogens with zero attached hydrogens (tertiary/aromatic N) is 1. The van der Waals surface area contributed by atoms with Gasteiger partial charge in [0.15, 0.2) is 6.10 Å². The van der Waals surface area contributed by atoms with Crippen LogP contribution < -0.4 is 5.06 Å². The Labute approximate surface area is 104 Å². The van der Waals surface area contributed by atoms with Gasteiger partial charge in [0.05, 0.1) is 25.8 Å². The molecule has 0 radical (unpaired) electrons. The van der Waals surface area contributed by atoms with Crippen LogP contribution in [0.3, 0.4) is 0 Å². The zero-order valence-corrected chi connectivity index (χ0v) is 9.83. The van der Waals surface area contributed by atoms with E-state index in [1.807, 2.05) is 0 Å². The molecular weight excluding hydrogens is 238 g/mol. The molecule has 0 aliphatic carbocycles. The quantitative estimate of drug-likeness (QED) is 0.794. The van der Waals surface area contributed by atoms with E-state index >= 15 is 0 Å². The smallest absolute Gasteiger partial charge is 0.339 e. The molecule has 1 amide bonds. The Hall–Kier alpha value is -1.92. The van der Waals surface area contributed by atoms with E-state index in [1.165, 1.54) is 12.2 Å². The number of hydrogen-bond acceptors (Lipinski definition) is 5. The van der Waals surface area contributed by atoms with Gasteiger partial charge < -0.3 is 9.84 Å². The monoisotopic (exact) mass is 251 g/mol. The summed E-state index contributed by atoms with van der Waals surface area (Å²) in [5.74, 6) is -0.840.